The maximum atomic E-state index is 8.93. The van der Waals surface area contributed by atoms with E-state index >= 15 is 0 Å². The van der Waals surface area contributed by atoms with Crippen molar-refractivity contribution in [1.82, 2.24) is 10.2 Å². The van der Waals surface area contributed by atoms with E-state index in [1.807, 2.05) is 0 Å². The summed E-state index contributed by atoms with van der Waals surface area (Å²) in [4.78, 5) is 2.23. The molecule has 0 fully saturated rings. The molecule has 0 aromatic heterocycles. The van der Waals surface area contributed by atoms with Crippen molar-refractivity contribution in [3.05, 3.63) is 12.2 Å². The van der Waals surface area contributed by atoms with Crippen molar-refractivity contribution in [3.8, 4) is 0 Å². The van der Waals surface area contributed by atoms with E-state index in [-0.39, 0.29) is 6.61 Å². The van der Waals surface area contributed by atoms with Crippen LogP contribution in [0.3, 0.4) is 0 Å². The maximum absolute atomic E-state index is 8.93. The van der Waals surface area contributed by atoms with E-state index in [0.717, 1.165) is 19.6 Å². The lowest BCUT2D eigenvalue weighted by Crippen LogP contribution is -2.37. The summed E-state index contributed by atoms with van der Waals surface area (Å²) in [7, 11) is 0. The van der Waals surface area contributed by atoms with E-state index < -0.39 is 0 Å². The van der Waals surface area contributed by atoms with Gasteiger partial charge in [0.05, 0.1) is 6.61 Å². The third kappa shape index (κ3) is 7.54. The zero-order chi connectivity index (χ0) is 11.8. The summed E-state index contributed by atoms with van der Waals surface area (Å²) in [5, 5.41) is 12.3. The third-order valence-corrected chi connectivity index (χ3v) is 2.30. The fourth-order valence-corrected chi connectivity index (χ4v) is 1.34. The Labute approximate surface area is 94.2 Å². The summed E-state index contributed by atoms with van der Waals surface area (Å²) in [6.45, 7) is 15.2. The van der Waals surface area contributed by atoms with Gasteiger partial charge in [-0.05, 0) is 19.4 Å². The van der Waals surface area contributed by atoms with Crippen LogP contribution in [0.1, 0.15) is 27.7 Å². The van der Waals surface area contributed by atoms with Crippen LogP contribution in [0.4, 0.5) is 0 Å². The van der Waals surface area contributed by atoms with Gasteiger partial charge in [-0.15, -0.1) is 0 Å². The van der Waals surface area contributed by atoms with Gasteiger partial charge in [-0.2, -0.15) is 0 Å². The van der Waals surface area contributed by atoms with Gasteiger partial charge in [0.25, 0.3) is 0 Å². The number of nitrogens with one attached hydrogen (secondary N) is 1. The van der Waals surface area contributed by atoms with E-state index in [1.54, 1.807) is 0 Å². The van der Waals surface area contributed by atoms with Crippen LogP contribution in [0.25, 0.3) is 0 Å². The van der Waals surface area contributed by atoms with Crippen molar-refractivity contribution in [1.29, 1.82) is 0 Å². The first-order chi connectivity index (χ1) is 6.97. The van der Waals surface area contributed by atoms with E-state index in [9.17, 15) is 0 Å². The van der Waals surface area contributed by atoms with Crippen LogP contribution < -0.4 is 5.32 Å². The summed E-state index contributed by atoms with van der Waals surface area (Å²) in [5.41, 5.74) is 1.17. The van der Waals surface area contributed by atoms with Gasteiger partial charge >= 0.3 is 0 Å². The average molecular weight is 214 g/mol. The molecule has 0 aromatic carbocycles. The molecule has 90 valence electrons. The second-order valence-electron chi connectivity index (χ2n) is 4.57. The van der Waals surface area contributed by atoms with Crippen molar-refractivity contribution in [3.63, 3.8) is 0 Å². The topological polar surface area (TPSA) is 35.5 Å². The fraction of sp³-hybridized carbons (Fsp3) is 0.833. The van der Waals surface area contributed by atoms with Gasteiger partial charge in [0.15, 0.2) is 0 Å². The Morgan fingerprint density at radius 2 is 1.93 bits per heavy atom. The van der Waals surface area contributed by atoms with Gasteiger partial charge in [0.2, 0.25) is 0 Å². The summed E-state index contributed by atoms with van der Waals surface area (Å²) in [5.74, 6) is 0. The molecule has 0 radical (unpaired) electrons. The number of hydrogen-bond acceptors (Lipinski definition) is 3. The number of rotatable bonds is 8. The number of hydrogen-bond donors (Lipinski definition) is 2. The minimum atomic E-state index is 0.211. The molecule has 0 heterocycles. The quantitative estimate of drug-likeness (QED) is 0.597. The molecule has 0 saturated heterocycles. The van der Waals surface area contributed by atoms with Crippen LogP contribution in [-0.4, -0.2) is 48.3 Å². The second-order valence-corrected chi connectivity index (χ2v) is 4.57. The normalized spacial score (nSPS) is 11.7. The zero-order valence-electron chi connectivity index (χ0n) is 10.6. The maximum Gasteiger partial charge on any atom is 0.0558 e. The van der Waals surface area contributed by atoms with Crippen LogP contribution >= 0.6 is 0 Å². The van der Waals surface area contributed by atoms with Crippen LogP contribution in [0.2, 0.25) is 0 Å². The smallest absolute Gasteiger partial charge is 0.0558 e. The molecule has 0 unspecified atom stereocenters. The molecule has 3 heteroatoms. The van der Waals surface area contributed by atoms with Gasteiger partial charge in [-0.3, -0.25) is 4.90 Å². The van der Waals surface area contributed by atoms with Crippen LogP contribution in [0, 0.1) is 0 Å². The van der Waals surface area contributed by atoms with Gasteiger partial charge < -0.3 is 10.4 Å². The highest BCUT2D eigenvalue weighted by Gasteiger charge is 2.09. The number of nitrogens with zero attached hydrogens (tertiary/aromatic N) is 1. The molecule has 0 bridgehead atoms. The van der Waals surface area contributed by atoms with Crippen LogP contribution in [0.5, 0.6) is 0 Å². The summed E-state index contributed by atoms with van der Waals surface area (Å²) >= 11 is 0. The molecule has 0 aliphatic carbocycles. The largest absolute Gasteiger partial charge is 0.395 e. The minimum absolute atomic E-state index is 0.211. The Morgan fingerprint density at radius 3 is 2.33 bits per heavy atom. The first-order valence-electron chi connectivity index (χ1n) is 5.72. The highest BCUT2D eigenvalue weighted by Crippen LogP contribution is 2.01. The molecule has 2 N–H and O–H groups in total. The predicted molar refractivity (Wildman–Crippen MR) is 66.1 cm³/mol. The molecule has 0 spiro atoms. The highest BCUT2D eigenvalue weighted by atomic mass is 16.3. The third-order valence-electron chi connectivity index (χ3n) is 2.30. The first kappa shape index (κ1) is 14.6. The molecule has 3 nitrogen and oxygen atoms in total. The fourth-order valence-electron chi connectivity index (χ4n) is 1.34. The molecule has 0 aromatic rings. The average Bonchev–Trinajstić information content (AvgIpc) is 2.14. The van der Waals surface area contributed by atoms with Gasteiger partial charge in [-0.25, -0.2) is 0 Å². The molecule has 15 heavy (non-hydrogen) atoms. The van der Waals surface area contributed by atoms with Crippen LogP contribution in [-0.2, 0) is 0 Å². The minimum Gasteiger partial charge on any atom is -0.395 e. The SMILES string of the molecule is C=C(CNC(C)C)CN(CCO)C(C)C. The van der Waals surface area contributed by atoms with E-state index in [1.165, 1.54) is 5.57 Å². The molecule has 0 rings (SSSR count). The molecule has 0 saturated carbocycles. The molecular formula is C12H26N2O. The summed E-state index contributed by atoms with van der Waals surface area (Å²) in [6, 6.07) is 0.944. The lowest BCUT2D eigenvalue weighted by molar-refractivity contribution is 0.176. The van der Waals surface area contributed by atoms with E-state index in [4.69, 9.17) is 5.11 Å². The van der Waals surface area contributed by atoms with Crippen molar-refractivity contribution in [2.24, 2.45) is 0 Å². The first-order valence-corrected chi connectivity index (χ1v) is 5.72. The van der Waals surface area contributed by atoms with E-state index in [2.05, 4.69) is 44.5 Å². The van der Waals surface area contributed by atoms with Crippen molar-refractivity contribution in [2.75, 3.05) is 26.2 Å². The molecule has 0 aliphatic heterocycles. The Morgan fingerprint density at radius 1 is 1.33 bits per heavy atom. The van der Waals surface area contributed by atoms with Crippen molar-refractivity contribution in [2.45, 2.75) is 39.8 Å². The summed E-state index contributed by atoms with van der Waals surface area (Å²) < 4.78 is 0. The van der Waals surface area contributed by atoms with Gasteiger partial charge in [-0.1, -0.05) is 20.4 Å². The molecule has 0 atom stereocenters. The molecular weight excluding hydrogens is 188 g/mol. The molecule has 0 aliphatic rings. The van der Waals surface area contributed by atoms with Crippen molar-refractivity contribution < 1.29 is 5.11 Å². The number of aliphatic hydroxyl groups excluding tert-OH is 1. The summed E-state index contributed by atoms with van der Waals surface area (Å²) in [6.07, 6.45) is 0. The monoisotopic (exact) mass is 214 g/mol. The Bertz CT molecular complexity index is 178. The van der Waals surface area contributed by atoms with Crippen molar-refractivity contribution >= 4 is 0 Å². The van der Waals surface area contributed by atoms with Gasteiger partial charge in [0.1, 0.15) is 0 Å². The Kier molecular flexibility index (Phi) is 7.65. The number of aliphatic hydroxyl groups is 1. The molecule has 0 amide bonds. The second kappa shape index (κ2) is 7.85. The van der Waals surface area contributed by atoms with Gasteiger partial charge in [0, 0.05) is 31.7 Å². The standard InChI is InChI=1S/C12H26N2O/c1-10(2)13-8-12(5)9-14(6-7-15)11(3)4/h10-11,13,15H,5-9H2,1-4H3. The predicted octanol–water partition coefficient (Wildman–Crippen LogP) is 1.24. The zero-order valence-corrected chi connectivity index (χ0v) is 10.6. The lowest BCUT2D eigenvalue weighted by Gasteiger charge is -2.26. The highest BCUT2D eigenvalue weighted by molar-refractivity contribution is 5.00. The lowest BCUT2D eigenvalue weighted by atomic mass is 10.2. The van der Waals surface area contributed by atoms with E-state index in [0.29, 0.717) is 12.1 Å². The van der Waals surface area contributed by atoms with Crippen LogP contribution in [0.15, 0.2) is 12.2 Å². The Balaban J connectivity index is 3.89. The Hall–Kier alpha value is -0.380.